The van der Waals surface area contributed by atoms with Gasteiger partial charge in [0.1, 0.15) is 17.5 Å². The number of carbonyl (C=O) groups is 2. The minimum atomic E-state index is -0.635. The van der Waals surface area contributed by atoms with E-state index in [0.29, 0.717) is 44.8 Å². The van der Waals surface area contributed by atoms with Crippen molar-refractivity contribution in [3.05, 3.63) is 126 Å². The van der Waals surface area contributed by atoms with Crippen molar-refractivity contribution < 1.29 is 23.8 Å². The van der Waals surface area contributed by atoms with E-state index in [0.717, 1.165) is 28.1 Å². The van der Waals surface area contributed by atoms with Gasteiger partial charge in [-0.25, -0.2) is 4.79 Å². The zero-order chi connectivity index (χ0) is 34.5. The van der Waals surface area contributed by atoms with E-state index < -0.39 is 17.8 Å². The van der Waals surface area contributed by atoms with Crippen LogP contribution in [0.2, 0.25) is 0 Å². The van der Waals surface area contributed by atoms with Gasteiger partial charge in [0.2, 0.25) is 0 Å². The molecule has 0 aromatic heterocycles. The Kier molecular flexibility index (Phi) is 13.0. The lowest BCUT2D eigenvalue weighted by Crippen LogP contribution is -2.47. The molecule has 4 aromatic carbocycles. The molecule has 1 atom stereocenters. The van der Waals surface area contributed by atoms with Crippen LogP contribution in [0, 0.1) is 0 Å². The highest BCUT2D eigenvalue weighted by Gasteiger charge is 2.27. The Labute approximate surface area is 285 Å². The molecule has 1 unspecified atom stereocenters. The predicted molar refractivity (Wildman–Crippen MR) is 192 cm³/mol. The van der Waals surface area contributed by atoms with Gasteiger partial charge in [0.15, 0.2) is 0 Å². The summed E-state index contributed by atoms with van der Waals surface area (Å²) in [6.07, 6.45) is 0.176. The number of para-hydroxylation sites is 1. The molecule has 0 fully saturated rings. The Morgan fingerprint density at radius 3 is 1.92 bits per heavy atom. The molecule has 0 saturated heterocycles. The van der Waals surface area contributed by atoms with Crippen LogP contribution in [0.5, 0.6) is 5.75 Å². The SMILES string of the molecule is CCOC(Cc1ccc(OCCc2ccc(N(C(=O)OC(C)(C)C)N(C)c3ccccc3)cc2)cc1)C(=O)N(CC)Cc1ccccc1. The summed E-state index contributed by atoms with van der Waals surface area (Å²) in [7, 11) is 1.84. The fraction of sp³-hybridized carbons (Fsp3) is 0.350. The van der Waals surface area contributed by atoms with Gasteiger partial charge >= 0.3 is 6.09 Å². The van der Waals surface area contributed by atoms with E-state index in [2.05, 4.69) is 0 Å². The first-order valence-corrected chi connectivity index (χ1v) is 16.6. The molecule has 0 aliphatic carbocycles. The molecule has 254 valence electrons. The molecule has 8 nitrogen and oxygen atoms in total. The maximum absolute atomic E-state index is 13.4. The van der Waals surface area contributed by atoms with Crippen molar-refractivity contribution in [2.45, 2.75) is 65.7 Å². The van der Waals surface area contributed by atoms with Gasteiger partial charge in [0.05, 0.1) is 18.0 Å². The Bertz CT molecular complexity index is 1560. The maximum Gasteiger partial charge on any atom is 0.434 e. The number of anilines is 2. The number of amides is 2. The van der Waals surface area contributed by atoms with Gasteiger partial charge in [-0.05, 0) is 87.7 Å². The largest absolute Gasteiger partial charge is 0.493 e. The Balaban J connectivity index is 1.34. The fourth-order valence-corrected chi connectivity index (χ4v) is 5.26. The first kappa shape index (κ1) is 36.0. The predicted octanol–water partition coefficient (Wildman–Crippen LogP) is 8.10. The van der Waals surface area contributed by atoms with E-state index in [1.807, 2.05) is 156 Å². The summed E-state index contributed by atoms with van der Waals surface area (Å²) in [4.78, 5) is 28.5. The lowest BCUT2D eigenvalue weighted by atomic mass is 10.1. The summed E-state index contributed by atoms with van der Waals surface area (Å²) < 4.78 is 17.7. The second kappa shape index (κ2) is 17.4. The summed E-state index contributed by atoms with van der Waals surface area (Å²) in [6.45, 7) is 11.6. The summed E-state index contributed by atoms with van der Waals surface area (Å²) in [5, 5.41) is 3.32. The fourth-order valence-electron chi connectivity index (χ4n) is 5.26. The molecule has 8 heteroatoms. The van der Waals surface area contributed by atoms with Crippen LogP contribution >= 0.6 is 0 Å². The van der Waals surface area contributed by atoms with Gasteiger partial charge in [-0.1, -0.05) is 72.8 Å². The van der Waals surface area contributed by atoms with E-state index in [9.17, 15) is 9.59 Å². The highest BCUT2D eigenvalue weighted by molar-refractivity contribution is 5.90. The number of hydrazine groups is 1. The number of benzene rings is 4. The molecule has 0 aliphatic rings. The van der Waals surface area contributed by atoms with Gasteiger partial charge < -0.3 is 19.1 Å². The molecule has 4 rings (SSSR count). The summed E-state index contributed by atoms with van der Waals surface area (Å²) in [5.74, 6) is 0.755. The van der Waals surface area contributed by atoms with E-state index >= 15 is 0 Å². The average Bonchev–Trinajstić information content (AvgIpc) is 3.08. The van der Waals surface area contributed by atoms with E-state index in [-0.39, 0.29) is 5.91 Å². The van der Waals surface area contributed by atoms with Crippen LogP contribution in [-0.2, 0) is 33.7 Å². The normalized spacial score (nSPS) is 11.8. The molecule has 48 heavy (non-hydrogen) atoms. The number of likely N-dealkylation sites (N-methyl/N-ethyl adjacent to an activating group) is 1. The molecule has 0 spiro atoms. The van der Waals surface area contributed by atoms with Gasteiger partial charge in [-0.3, -0.25) is 9.80 Å². The van der Waals surface area contributed by atoms with Crippen LogP contribution in [0.1, 0.15) is 51.3 Å². The molecule has 0 saturated carbocycles. The minimum Gasteiger partial charge on any atom is -0.493 e. The van der Waals surface area contributed by atoms with Gasteiger partial charge in [0.25, 0.3) is 5.91 Å². The molecule has 4 aromatic rings. The lowest BCUT2D eigenvalue weighted by Gasteiger charge is -2.34. The van der Waals surface area contributed by atoms with Crippen molar-refractivity contribution in [1.29, 1.82) is 0 Å². The molecule has 0 heterocycles. The van der Waals surface area contributed by atoms with E-state index in [1.165, 1.54) is 5.01 Å². The minimum absolute atomic E-state index is 0.00419. The molecule has 0 radical (unpaired) electrons. The number of ether oxygens (including phenoxy) is 3. The lowest BCUT2D eigenvalue weighted by molar-refractivity contribution is -0.143. The topological polar surface area (TPSA) is 71.5 Å². The third-order valence-electron chi connectivity index (χ3n) is 7.73. The molecule has 0 N–H and O–H groups in total. The van der Waals surface area contributed by atoms with Crippen molar-refractivity contribution >= 4 is 23.4 Å². The number of nitrogens with zero attached hydrogens (tertiary/aromatic N) is 3. The van der Waals surface area contributed by atoms with Crippen LogP contribution in [0.4, 0.5) is 16.2 Å². The maximum atomic E-state index is 13.4. The van der Waals surface area contributed by atoms with Gasteiger partial charge in [-0.15, -0.1) is 0 Å². The Hall–Kier alpha value is -4.82. The molecular formula is C40H49N3O5. The number of carbonyl (C=O) groups excluding carboxylic acids is 2. The van der Waals surface area contributed by atoms with Crippen molar-refractivity contribution in [2.75, 3.05) is 36.8 Å². The zero-order valence-electron chi connectivity index (χ0n) is 29.1. The van der Waals surface area contributed by atoms with Crippen LogP contribution in [-0.4, -0.2) is 55.4 Å². The van der Waals surface area contributed by atoms with Gasteiger partial charge in [-0.2, -0.15) is 5.01 Å². The average molecular weight is 652 g/mol. The number of hydrogen-bond donors (Lipinski definition) is 0. The Morgan fingerprint density at radius 2 is 1.33 bits per heavy atom. The van der Waals surface area contributed by atoms with Crippen LogP contribution in [0.25, 0.3) is 0 Å². The molecule has 0 bridgehead atoms. The monoisotopic (exact) mass is 651 g/mol. The van der Waals surface area contributed by atoms with Crippen molar-refractivity contribution in [2.24, 2.45) is 0 Å². The third kappa shape index (κ3) is 10.6. The van der Waals surface area contributed by atoms with E-state index in [4.69, 9.17) is 14.2 Å². The highest BCUT2D eigenvalue weighted by atomic mass is 16.6. The van der Waals surface area contributed by atoms with Crippen molar-refractivity contribution in [3.63, 3.8) is 0 Å². The molecule has 2 amide bonds. The third-order valence-corrected chi connectivity index (χ3v) is 7.73. The summed E-state index contributed by atoms with van der Waals surface area (Å²) in [6, 6.07) is 35.4. The summed E-state index contributed by atoms with van der Waals surface area (Å²) >= 11 is 0. The first-order valence-electron chi connectivity index (χ1n) is 16.6. The Morgan fingerprint density at radius 1 is 0.729 bits per heavy atom. The first-order chi connectivity index (χ1) is 23.1. The van der Waals surface area contributed by atoms with Crippen LogP contribution < -0.4 is 14.8 Å². The molecular weight excluding hydrogens is 602 g/mol. The second-order valence-electron chi connectivity index (χ2n) is 12.5. The second-order valence-corrected chi connectivity index (χ2v) is 12.5. The van der Waals surface area contributed by atoms with Crippen molar-refractivity contribution in [3.8, 4) is 5.75 Å². The number of rotatable bonds is 15. The zero-order valence-corrected chi connectivity index (χ0v) is 29.1. The molecule has 0 aliphatic heterocycles. The van der Waals surface area contributed by atoms with Crippen molar-refractivity contribution in [1.82, 2.24) is 4.90 Å². The van der Waals surface area contributed by atoms with Gasteiger partial charge in [0, 0.05) is 39.6 Å². The van der Waals surface area contributed by atoms with Crippen LogP contribution in [0.3, 0.4) is 0 Å². The quantitative estimate of drug-likeness (QED) is 0.121. The van der Waals surface area contributed by atoms with Crippen LogP contribution in [0.15, 0.2) is 109 Å². The standard InChI is InChI=1S/C40H49N3O5/c1-7-42(30-33-15-11-9-12-16-33)38(44)37(46-8-2)29-32-21-25-36(26-22-32)47-28-27-31-19-23-35(24-20-31)43(39(45)48-40(3,4)5)41(6)34-17-13-10-14-18-34/h9-26,37H,7-8,27-30H2,1-6H3. The summed E-state index contributed by atoms with van der Waals surface area (Å²) in [5.41, 5.74) is 4.11. The van der Waals surface area contributed by atoms with E-state index in [1.54, 1.807) is 5.01 Å². The smallest absolute Gasteiger partial charge is 0.434 e. The highest BCUT2D eigenvalue weighted by Crippen LogP contribution is 2.25. The number of hydrogen-bond acceptors (Lipinski definition) is 6.